The highest BCUT2D eigenvalue weighted by Crippen LogP contribution is 2.35. The standard InChI is InChI=1S/C8H14BrNO/c1-6(7-2-3-7)5-10-8(11)4-9/h6-7H,2-5H2,1H3,(H,10,11). The maximum atomic E-state index is 10.8. The quantitative estimate of drug-likeness (QED) is 0.715. The Morgan fingerprint density at radius 3 is 2.82 bits per heavy atom. The lowest BCUT2D eigenvalue weighted by atomic mass is 10.1. The molecule has 2 nitrogen and oxygen atoms in total. The van der Waals surface area contributed by atoms with Gasteiger partial charge in [-0.25, -0.2) is 0 Å². The zero-order valence-electron chi connectivity index (χ0n) is 6.77. The van der Waals surface area contributed by atoms with E-state index >= 15 is 0 Å². The fourth-order valence-electron chi connectivity index (χ4n) is 1.15. The molecular weight excluding hydrogens is 206 g/mol. The van der Waals surface area contributed by atoms with Crippen LogP contribution in [0.2, 0.25) is 0 Å². The SMILES string of the molecule is CC(CNC(=O)CBr)C1CC1. The monoisotopic (exact) mass is 219 g/mol. The number of hydrogen-bond acceptors (Lipinski definition) is 1. The highest BCUT2D eigenvalue weighted by atomic mass is 79.9. The molecule has 0 aromatic heterocycles. The van der Waals surface area contributed by atoms with Gasteiger partial charge in [0.2, 0.25) is 5.91 Å². The zero-order chi connectivity index (χ0) is 8.27. The second-order valence-corrected chi connectivity index (χ2v) is 3.81. The van der Waals surface area contributed by atoms with Crippen molar-refractivity contribution in [1.29, 1.82) is 0 Å². The molecule has 0 aromatic rings. The van der Waals surface area contributed by atoms with Crippen molar-refractivity contribution in [2.24, 2.45) is 11.8 Å². The van der Waals surface area contributed by atoms with E-state index < -0.39 is 0 Å². The molecule has 11 heavy (non-hydrogen) atoms. The van der Waals surface area contributed by atoms with E-state index in [1.807, 2.05) is 0 Å². The van der Waals surface area contributed by atoms with Crippen LogP contribution in [0.4, 0.5) is 0 Å². The van der Waals surface area contributed by atoms with Crippen molar-refractivity contribution in [3.8, 4) is 0 Å². The maximum absolute atomic E-state index is 10.8. The number of alkyl halides is 1. The molecule has 0 saturated heterocycles. The summed E-state index contributed by atoms with van der Waals surface area (Å²) in [6.07, 6.45) is 2.71. The summed E-state index contributed by atoms with van der Waals surface area (Å²) in [5.41, 5.74) is 0. The molecule has 1 aliphatic carbocycles. The molecule has 0 aromatic carbocycles. The summed E-state index contributed by atoms with van der Waals surface area (Å²) in [5, 5.41) is 3.29. The van der Waals surface area contributed by atoms with E-state index in [-0.39, 0.29) is 5.91 Å². The number of carbonyl (C=O) groups excluding carboxylic acids is 1. The van der Waals surface area contributed by atoms with Gasteiger partial charge < -0.3 is 5.32 Å². The van der Waals surface area contributed by atoms with Crippen LogP contribution in [0.15, 0.2) is 0 Å². The van der Waals surface area contributed by atoms with Crippen molar-refractivity contribution < 1.29 is 4.79 Å². The van der Waals surface area contributed by atoms with E-state index in [2.05, 4.69) is 28.2 Å². The van der Waals surface area contributed by atoms with Crippen molar-refractivity contribution >= 4 is 21.8 Å². The van der Waals surface area contributed by atoms with Crippen LogP contribution in [0, 0.1) is 11.8 Å². The number of amides is 1. The predicted octanol–water partition coefficient (Wildman–Crippen LogP) is 1.54. The zero-order valence-corrected chi connectivity index (χ0v) is 8.36. The van der Waals surface area contributed by atoms with Gasteiger partial charge in [0.15, 0.2) is 0 Å². The summed E-state index contributed by atoms with van der Waals surface area (Å²) in [6.45, 7) is 3.04. The predicted molar refractivity (Wildman–Crippen MR) is 48.7 cm³/mol. The Labute approximate surface area is 75.9 Å². The average molecular weight is 220 g/mol. The number of hydrogen-bond donors (Lipinski definition) is 1. The van der Waals surface area contributed by atoms with Crippen molar-refractivity contribution in [1.82, 2.24) is 5.32 Å². The number of rotatable bonds is 4. The van der Waals surface area contributed by atoms with Crippen LogP contribution in [0.3, 0.4) is 0 Å². The molecule has 1 saturated carbocycles. The van der Waals surface area contributed by atoms with Gasteiger partial charge in [-0.2, -0.15) is 0 Å². The molecule has 1 rings (SSSR count). The van der Waals surface area contributed by atoms with Crippen LogP contribution < -0.4 is 5.32 Å². The van der Waals surface area contributed by atoms with Crippen LogP contribution in [-0.2, 0) is 4.79 Å². The molecule has 1 unspecified atom stereocenters. The van der Waals surface area contributed by atoms with Crippen LogP contribution in [-0.4, -0.2) is 17.8 Å². The first-order valence-electron chi connectivity index (χ1n) is 4.06. The van der Waals surface area contributed by atoms with Crippen molar-refractivity contribution in [2.75, 3.05) is 11.9 Å². The van der Waals surface area contributed by atoms with Gasteiger partial charge in [0.05, 0.1) is 5.33 Å². The molecular formula is C8H14BrNO. The molecule has 64 valence electrons. The normalized spacial score (nSPS) is 19.5. The third kappa shape index (κ3) is 3.23. The molecule has 0 aliphatic heterocycles. The largest absolute Gasteiger partial charge is 0.355 e. The maximum Gasteiger partial charge on any atom is 0.230 e. The van der Waals surface area contributed by atoms with Crippen LogP contribution in [0.5, 0.6) is 0 Å². The summed E-state index contributed by atoms with van der Waals surface area (Å²) in [5.74, 6) is 1.64. The molecule has 1 fully saturated rings. The van der Waals surface area contributed by atoms with Crippen molar-refractivity contribution in [3.05, 3.63) is 0 Å². The summed E-state index contributed by atoms with van der Waals surface area (Å²) in [7, 11) is 0. The number of carbonyl (C=O) groups is 1. The highest BCUT2D eigenvalue weighted by Gasteiger charge is 2.27. The van der Waals surface area contributed by atoms with E-state index in [0.29, 0.717) is 11.2 Å². The fourth-order valence-corrected chi connectivity index (χ4v) is 1.35. The van der Waals surface area contributed by atoms with Gasteiger partial charge in [-0.1, -0.05) is 22.9 Å². The lowest BCUT2D eigenvalue weighted by molar-refractivity contribution is -0.118. The molecule has 1 aliphatic rings. The highest BCUT2D eigenvalue weighted by molar-refractivity contribution is 9.09. The number of halogens is 1. The molecule has 0 bridgehead atoms. The minimum atomic E-state index is 0.0949. The van der Waals surface area contributed by atoms with E-state index in [4.69, 9.17) is 0 Å². The van der Waals surface area contributed by atoms with E-state index in [1.165, 1.54) is 12.8 Å². The Kier molecular flexibility index (Phi) is 3.37. The van der Waals surface area contributed by atoms with Gasteiger partial charge in [0, 0.05) is 6.54 Å². The van der Waals surface area contributed by atoms with Gasteiger partial charge in [-0.05, 0) is 24.7 Å². The summed E-state index contributed by atoms with van der Waals surface area (Å²) < 4.78 is 0. The molecule has 0 spiro atoms. The Morgan fingerprint density at radius 2 is 2.36 bits per heavy atom. The summed E-state index contributed by atoms with van der Waals surface area (Å²) in [6, 6.07) is 0. The Hall–Kier alpha value is -0.0500. The van der Waals surface area contributed by atoms with Gasteiger partial charge in [0.25, 0.3) is 0 Å². The van der Waals surface area contributed by atoms with Gasteiger partial charge in [-0.3, -0.25) is 4.79 Å². The lowest BCUT2D eigenvalue weighted by Gasteiger charge is -2.09. The van der Waals surface area contributed by atoms with E-state index in [0.717, 1.165) is 12.5 Å². The Balaban J connectivity index is 2.05. The first-order chi connectivity index (χ1) is 5.24. The van der Waals surface area contributed by atoms with Crippen LogP contribution >= 0.6 is 15.9 Å². The first-order valence-corrected chi connectivity index (χ1v) is 5.19. The first kappa shape index (κ1) is 9.04. The van der Waals surface area contributed by atoms with Crippen molar-refractivity contribution in [3.63, 3.8) is 0 Å². The smallest absolute Gasteiger partial charge is 0.230 e. The third-order valence-corrected chi connectivity index (χ3v) is 2.68. The van der Waals surface area contributed by atoms with Gasteiger partial charge in [0.1, 0.15) is 0 Å². The molecule has 1 N–H and O–H groups in total. The van der Waals surface area contributed by atoms with Crippen LogP contribution in [0.1, 0.15) is 19.8 Å². The Bertz CT molecular complexity index is 145. The molecule has 0 heterocycles. The van der Waals surface area contributed by atoms with E-state index in [9.17, 15) is 4.79 Å². The molecule has 0 radical (unpaired) electrons. The van der Waals surface area contributed by atoms with Gasteiger partial charge in [-0.15, -0.1) is 0 Å². The molecule has 1 amide bonds. The lowest BCUT2D eigenvalue weighted by Crippen LogP contribution is -2.29. The average Bonchev–Trinajstić information content (AvgIpc) is 2.81. The molecule has 3 heteroatoms. The minimum absolute atomic E-state index is 0.0949. The molecule has 1 atom stereocenters. The fraction of sp³-hybridized carbons (Fsp3) is 0.875. The minimum Gasteiger partial charge on any atom is -0.355 e. The summed E-state index contributed by atoms with van der Waals surface area (Å²) in [4.78, 5) is 10.8. The summed E-state index contributed by atoms with van der Waals surface area (Å²) >= 11 is 3.11. The topological polar surface area (TPSA) is 29.1 Å². The Morgan fingerprint density at radius 1 is 1.73 bits per heavy atom. The van der Waals surface area contributed by atoms with Crippen LogP contribution in [0.25, 0.3) is 0 Å². The van der Waals surface area contributed by atoms with Gasteiger partial charge >= 0.3 is 0 Å². The third-order valence-electron chi connectivity index (χ3n) is 2.17. The second kappa shape index (κ2) is 4.10. The number of nitrogens with one attached hydrogen (secondary N) is 1. The van der Waals surface area contributed by atoms with Crippen molar-refractivity contribution in [2.45, 2.75) is 19.8 Å². The second-order valence-electron chi connectivity index (χ2n) is 3.25. The van der Waals surface area contributed by atoms with E-state index in [1.54, 1.807) is 0 Å².